The average molecular weight is 191 g/mol. The number of hydrogen-bond donors (Lipinski definition) is 0. The Labute approximate surface area is 73.8 Å². The fourth-order valence-corrected chi connectivity index (χ4v) is 0.621. The fraction of sp³-hybridized carbons (Fsp3) is 0.667. The van der Waals surface area contributed by atoms with Gasteiger partial charge in [-0.1, -0.05) is 0 Å². The van der Waals surface area contributed by atoms with Crippen molar-refractivity contribution in [3.63, 3.8) is 0 Å². The first-order valence-corrected chi connectivity index (χ1v) is 3.31. The van der Waals surface area contributed by atoms with E-state index in [9.17, 15) is 19.7 Å². The van der Waals surface area contributed by atoms with E-state index < -0.39 is 29.3 Å². The molecule has 0 heterocycles. The number of rotatable bonds is 4. The predicted molar refractivity (Wildman–Crippen MR) is 39.4 cm³/mol. The molecule has 7 heteroatoms. The quantitative estimate of drug-likeness (QED) is 0.333. The van der Waals surface area contributed by atoms with Gasteiger partial charge >= 0.3 is 18.0 Å². The van der Waals surface area contributed by atoms with Crippen LogP contribution < -0.4 is 0 Å². The van der Waals surface area contributed by atoms with Crippen molar-refractivity contribution < 1.29 is 24.0 Å². The molecule has 0 fully saturated rings. The van der Waals surface area contributed by atoms with Crippen LogP contribution in [0, 0.1) is 10.1 Å². The zero-order valence-corrected chi connectivity index (χ0v) is 7.18. The van der Waals surface area contributed by atoms with Crippen LogP contribution in [-0.4, -0.2) is 37.1 Å². The van der Waals surface area contributed by atoms with Crippen molar-refractivity contribution >= 4 is 11.9 Å². The third kappa shape index (κ3) is 3.50. The van der Waals surface area contributed by atoms with Crippen molar-refractivity contribution in [1.29, 1.82) is 0 Å². The molecule has 0 aliphatic carbocycles. The lowest BCUT2D eigenvalue weighted by Gasteiger charge is -2.04. The molecule has 1 unspecified atom stereocenters. The summed E-state index contributed by atoms with van der Waals surface area (Å²) in [5, 5.41) is 10.2. The Kier molecular flexibility index (Phi) is 4.42. The molecule has 0 aromatic carbocycles. The van der Waals surface area contributed by atoms with Gasteiger partial charge in [-0.25, -0.2) is 4.79 Å². The molecule has 0 N–H and O–H groups in total. The second-order valence-electron chi connectivity index (χ2n) is 2.10. The largest absolute Gasteiger partial charge is 0.469 e. The lowest BCUT2D eigenvalue weighted by molar-refractivity contribution is -0.509. The van der Waals surface area contributed by atoms with E-state index in [-0.39, 0.29) is 0 Å². The van der Waals surface area contributed by atoms with Gasteiger partial charge in [0.1, 0.15) is 6.42 Å². The summed E-state index contributed by atoms with van der Waals surface area (Å²) in [5.74, 6) is -1.89. The zero-order chi connectivity index (χ0) is 10.4. The Balaban J connectivity index is 4.35. The monoisotopic (exact) mass is 191 g/mol. The Morgan fingerprint density at radius 2 is 1.92 bits per heavy atom. The van der Waals surface area contributed by atoms with Crippen molar-refractivity contribution in [1.82, 2.24) is 0 Å². The van der Waals surface area contributed by atoms with Crippen molar-refractivity contribution in [2.75, 3.05) is 14.2 Å². The topological polar surface area (TPSA) is 95.7 Å². The van der Waals surface area contributed by atoms with Gasteiger partial charge in [0.2, 0.25) is 0 Å². The number of carbonyl (C=O) groups is 2. The highest BCUT2D eigenvalue weighted by atomic mass is 16.6. The lowest BCUT2D eigenvalue weighted by atomic mass is 10.2. The van der Waals surface area contributed by atoms with E-state index >= 15 is 0 Å². The molecule has 13 heavy (non-hydrogen) atoms. The standard InChI is InChI=1S/C6H9NO6/c1-12-5(8)3-4(7(10)11)6(9)13-2/h4H,3H2,1-2H3. The van der Waals surface area contributed by atoms with Gasteiger partial charge in [-0.3, -0.25) is 14.9 Å². The molecule has 0 spiro atoms. The lowest BCUT2D eigenvalue weighted by Crippen LogP contribution is -2.33. The molecule has 0 aromatic heterocycles. The first-order valence-electron chi connectivity index (χ1n) is 3.31. The van der Waals surface area contributed by atoms with Gasteiger partial charge in [-0.15, -0.1) is 0 Å². The molecule has 0 aromatic rings. The molecule has 0 radical (unpaired) electrons. The van der Waals surface area contributed by atoms with Crippen LogP contribution in [0.3, 0.4) is 0 Å². The minimum absolute atomic E-state index is 0.615. The van der Waals surface area contributed by atoms with Gasteiger partial charge in [-0.05, 0) is 0 Å². The fourth-order valence-electron chi connectivity index (χ4n) is 0.621. The smallest absolute Gasteiger partial charge is 0.382 e. The molecule has 7 nitrogen and oxygen atoms in total. The molecular weight excluding hydrogens is 182 g/mol. The minimum atomic E-state index is -1.68. The van der Waals surface area contributed by atoms with E-state index in [1.165, 1.54) is 0 Å². The Morgan fingerprint density at radius 3 is 2.23 bits per heavy atom. The number of carbonyl (C=O) groups excluding carboxylic acids is 2. The summed E-state index contributed by atoms with van der Waals surface area (Å²) >= 11 is 0. The molecule has 0 rings (SSSR count). The van der Waals surface area contributed by atoms with E-state index in [0.29, 0.717) is 0 Å². The minimum Gasteiger partial charge on any atom is -0.469 e. The Morgan fingerprint density at radius 1 is 1.38 bits per heavy atom. The van der Waals surface area contributed by atoms with Crippen LogP contribution in [0.1, 0.15) is 6.42 Å². The summed E-state index contributed by atoms with van der Waals surface area (Å²) in [6.45, 7) is 0. The predicted octanol–water partition coefficient (Wildman–Crippen LogP) is -0.632. The average Bonchev–Trinajstić information content (AvgIpc) is 2.11. The van der Waals surface area contributed by atoms with E-state index in [2.05, 4.69) is 9.47 Å². The summed E-state index contributed by atoms with van der Waals surface area (Å²) in [5.41, 5.74) is 0. The number of hydrogen-bond acceptors (Lipinski definition) is 6. The molecule has 0 bridgehead atoms. The molecule has 0 aliphatic heterocycles. The van der Waals surface area contributed by atoms with Crippen molar-refractivity contribution in [3.05, 3.63) is 10.1 Å². The highest BCUT2D eigenvalue weighted by molar-refractivity contribution is 5.81. The van der Waals surface area contributed by atoms with E-state index in [0.717, 1.165) is 14.2 Å². The first-order chi connectivity index (χ1) is 6.02. The maximum atomic E-state index is 10.7. The van der Waals surface area contributed by atoms with Crippen LogP contribution in [0.5, 0.6) is 0 Å². The van der Waals surface area contributed by atoms with Crippen LogP contribution in [0.4, 0.5) is 0 Å². The van der Waals surface area contributed by atoms with Crippen LogP contribution in [0.25, 0.3) is 0 Å². The van der Waals surface area contributed by atoms with E-state index in [1.807, 2.05) is 0 Å². The molecule has 0 saturated heterocycles. The number of methoxy groups -OCH3 is 2. The van der Waals surface area contributed by atoms with Crippen molar-refractivity contribution in [2.45, 2.75) is 12.5 Å². The Bertz CT molecular complexity index is 225. The number of nitrogens with zero attached hydrogens (tertiary/aromatic N) is 1. The highest BCUT2D eigenvalue weighted by Crippen LogP contribution is 2.01. The number of esters is 2. The first kappa shape index (κ1) is 11.3. The van der Waals surface area contributed by atoms with Crippen molar-refractivity contribution in [2.24, 2.45) is 0 Å². The maximum absolute atomic E-state index is 10.7. The third-order valence-corrected chi connectivity index (χ3v) is 1.32. The van der Waals surface area contributed by atoms with Crippen molar-refractivity contribution in [3.8, 4) is 0 Å². The van der Waals surface area contributed by atoms with Gasteiger partial charge in [0, 0.05) is 4.92 Å². The molecule has 74 valence electrons. The van der Waals surface area contributed by atoms with Gasteiger partial charge in [0.05, 0.1) is 14.2 Å². The normalized spacial score (nSPS) is 11.5. The number of ether oxygens (including phenoxy) is 2. The van der Waals surface area contributed by atoms with E-state index in [4.69, 9.17) is 0 Å². The molecule has 0 aliphatic rings. The summed E-state index contributed by atoms with van der Waals surface area (Å²) in [6.07, 6.45) is -0.615. The van der Waals surface area contributed by atoms with Gasteiger partial charge in [0.25, 0.3) is 0 Å². The summed E-state index contributed by atoms with van der Waals surface area (Å²) in [7, 11) is 2.09. The molecule has 0 saturated carbocycles. The zero-order valence-electron chi connectivity index (χ0n) is 7.18. The summed E-state index contributed by atoms with van der Waals surface area (Å²) < 4.78 is 8.31. The molecule has 1 atom stereocenters. The van der Waals surface area contributed by atoms with Crippen LogP contribution in [0.2, 0.25) is 0 Å². The van der Waals surface area contributed by atoms with Gasteiger partial charge in [0.15, 0.2) is 0 Å². The third-order valence-electron chi connectivity index (χ3n) is 1.32. The highest BCUT2D eigenvalue weighted by Gasteiger charge is 2.33. The Hall–Kier alpha value is -1.66. The summed E-state index contributed by atoms with van der Waals surface area (Å²) in [4.78, 5) is 30.7. The van der Waals surface area contributed by atoms with Gasteiger partial charge in [-0.2, -0.15) is 0 Å². The van der Waals surface area contributed by atoms with Crippen LogP contribution >= 0.6 is 0 Å². The van der Waals surface area contributed by atoms with Gasteiger partial charge < -0.3 is 9.47 Å². The van der Waals surface area contributed by atoms with Crippen LogP contribution in [0.15, 0.2) is 0 Å². The SMILES string of the molecule is COC(=O)CC(C(=O)OC)[N+](=O)[O-]. The van der Waals surface area contributed by atoms with Crippen LogP contribution in [-0.2, 0) is 19.1 Å². The molecular formula is C6H9NO6. The second-order valence-corrected chi connectivity index (χ2v) is 2.10. The second kappa shape index (κ2) is 5.07. The van der Waals surface area contributed by atoms with E-state index in [1.54, 1.807) is 0 Å². The summed E-state index contributed by atoms with van der Waals surface area (Å²) in [6, 6.07) is -1.68. The number of nitro groups is 1. The maximum Gasteiger partial charge on any atom is 0.382 e. The molecule has 0 amide bonds.